The Hall–Kier alpha value is -4.69. The molecule has 0 aliphatic heterocycles. The molecule has 2 amide bonds. The lowest BCUT2D eigenvalue weighted by molar-refractivity contribution is -0.118. The van der Waals surface area contributed by atoms with E-state index < -0.39 is 23.6 Å². The summed E-state index contributed by atoms with van der Waals surface area (Å²) in [7, 11) is 1.38. The van der Waals surface area contributed by atoms with Crippen molar-refractivity contribution in [3.05, 3.63) is 87.7 Å². The Labute approximate surface area is 219 Å². The number of hydrogen-bond donors (Lipinski definition) is 3. The van der Waals surface area contributed by atoms with Crippen molar-refractivity contribution in [2.75, 3.05) is 24.4 Å². The van der Waals surface area contributed by atoms with Crippen LogP contribution in [0.5, 0.6) is 11.5 Å². The molecule has 0 saturated carbocycles. The average molecular weight is 568 g/mol. The van der Waals surface area contributed by atoms with Gasteiger partial charge < -0.3 is 25.2 Å². The van der Waals surface area contributed by atoms with Gasteiger partial charge in [0, 0.05) is 11.4 Å². The molecular weight excluding hydrogens is 549 g/mol. The minimum absolute atomic E-state index is 0.0177. The number of carbonyl (C=O) groups is 3. The van der Waals surface area contributed by atoms with Crippen LogP contribution in [0.3, 0.4) is 0 Å². The quantitative estimate of drug-likeness (QED) is 0.248. The zero-order chi connectivity index (χ0) is 26.9. The van der Waals surface area contributed by atoms with E-state index in [-0.39, 0.29) is 34.9 Å². The van der Waals surface area contributed by atoms with Gasteiger partial charge in [0.05, 0.1) is 17.1 Å². The van der Waals surface area contributed by atoms with Crippen molar-refractivity contribution in [1.29, 1.82) is 5.26 Å². The fourth-order valence-electron chi connectivity index (χ4n) is 3.07. The summed E-state index contributed by atoms with van der Waals surface area (Å²) in [6.45, 7) is -0.372. The number of nitrogens with zero attached hydrogens (tertiary/aromatic N) is 1. The number of carbonyl (C=O) groups excluding carboxylic acids is 2. The third-order valence-electron chi connectivity index (χ3n) is 4.77. The first-order valence-electron chi connectivity index (χ1n) is 10.5. The molecule has 0 spiro atoms. The van der Waals surface area contributed by atoms with E-state index in [0.29, 0.717) is 15.7 Å². The van der Waals surface area contributed by atoms with Gasteiger partial charge in [-0.15, -0.1) is 0 Å². The molecule has 0 bridgehead atoms. The first-order chi connectivity index (χ1) is 17.7. The van der Waals surface area contributed by atoms with Crippen LogP contribution in [0.2, 0.25) is 0 Å². The highest BCUT2D eigenvalue weighted by Gasteiger charge is 2.16. The topological polar surface area (TPSA) is 138 Å². The van der Waals surface area contributed by atoms with Crippen LogP contribution in [0.25, 0.3) is 6.08 Å². The molecule has 9 nitrogen and oxygen atoms in total. The second kappa shape index (κ2) is 12.3. The number of nitrogens with one attached hydrogen (secondary N) is 2. The van der Waals surface area contributed by atoms with Crippen LogP contribution in [0.15, 0.2) is 70.7 Å². The van der Waals surface area contributed by atoms with Gasteiger partial charge >= 0.3 is 5.97 Å². The minimum atomic E-state index is -1.15. The maximum Gasteiger partial charge on any atom is 0.335 e. The van der Waals surface area contributed by atoms with Crippen molar-refractivity contribution in [2.24, 2.45) is 0 Å². The van der Waals surface area contributed by atoms with Crippen LogP contribution in [0, 0.1) is 17.1 Å². The van der Waals surface area contributed by atoms with Crippen LogP contribution in [-0.4, -0.2) is 36.6 Å². The number of halogens is 2. The molecule has 0 aromatic heterocycles. The fourth-order valence-corrected chi connectivity index (χ4v) is 3.65. The predicted octanol–water partition coefficient (Wildman–Crippen LogP) is 4.86. The van der Waals surface area contributed by atoms with E-state index in [4.69, 9.17) is 14.6 Å². The fraction of sp³-hybridized carbons (Fsp3) is 0.0769. The van der Waals surface area contributed by atoms with Crippen LogP contribution in [-0.2, 0) is 9.59 Å². The number of hydrogen-bond acceptors (Lipinski definition) is 6. The molecule has 3 aromatic rings. The molecular formula is C26H19BrFN3O6. The molecule has 0 aliphatic carbocycles. The maximum absolute atomic E-state index is 13.0. The Balaban J connectivity index is 1.74. The smallest absolute Gasteiger partial charge is 0.335 e. The summed E-state index contributed by atoms with van der Waals surface area (Å²) in [5, 5.41) is 23.7. The zero-order valence-electron chi connectivity index (χ0n) is 19.2. The van der Waals surface area contributed by atoms with E-state index in [1.54, 1.807) is 6.07 Å². The molecule has 0 radical (unpaired) electrons. The second-order valence-electron chi connectivity index (χ2n) is 7.39. The molecule has 0 fully saturated rings. The summed E-state index contributed by atoms with van der Waals surface area (Å²) in [5.41, 5.74) is 0.765. The molecule has 0 heterocycles. The van der Waals surface area contributed by atoms with E-state index in [1.807, 2.05) is 6.07 Å². The van der Waals surface area contributed by atoms with Gasteiger partial charge in [-0.05, 0) is 82.2 Å². The lowest BCUT2D eigenvalue weighted by Crippen LogP contribution is -2.20. The summed E-state index contributed by atoms with van der Waals surface area (Å²) in [5.74, 6) is -2.37. The van der Waals surface area contributed by atoms with E-state index in [9.17, 15) is 24.0 Å². The number of ether oxygens (including phenoxy) is 2. The first-order valence-corrected chi connectivity index (χ1v) is 11.3. The Morgan fingerprint density at radius 3 is 2.46 bits per heavy atom. The van der Waals surface area contributed by atoms with Crippen LogP contribution in [0.1, 0.15) is 15.9 Å². The molecule has 0 aliphatic rings. The standard InChI is InChI=1S/C26H19BrFN3O6/c1-36-22-11-15(9-17(13-29)25(33)31-20-4-2-3-16(12-20)26(34)35)10-21(27)24(22)37-14-23(32)30-19-7-5-18(28)6-8-19/h2-12H,14H2,1H3,(H,30,32)(H,31,33)(H,34,35)/b17-9-. The summed E-state index contributed by atoms with van der Waals surface area (Å²) in [6, 6.07) is 15.7. The summed E-state index contributed by atoms with van der Waals surface area (Å²) < 4.78 is 24.3. The number of carboxylic acids is 1. The highest BCUT2D eigenvalue weighted by Crippen LogP contribution is 2.37. The number of aromatic carboxylic acids is 1. The first kappa shape index (κ1) is 26.9. The third-order valence-corrected chi connectivity index (χ3v) is 5.36. The third kappa shape index (κ3) is 7.39. The van der Waals surface area contributed by atoms with Gasteiger partial charge in [0.2, 0.25) is 0 Å². The second-order valence-corrected chi connectivity index (χ2v) is 8.24. The number of rotatable bonds is 9. The van der Waals surface area contributed by atoms with Crippen LogP contribution >= 0.6 is 15.9 Å². The van der Waals surface area contributed by atoms with E-state index >= 15 is 0 Å². The molecule has 37 heavy (non-hydrogen) atoms. The van der Waals surface area contributed by atoms with Crippen LogP contribution < -0.4 is 20.1 Å². The van der Waals surface area contributed by atoms with Crippen LogP contribution in [0.4, 0.5) is 15.8 Å². The van der Waals surface area contributed by atoms with Crippen molar-refractivity contribution in [3.63, 3.8) is 0 Å². The van der Waals surface area contributed by atoms with Crippen molar-refractivity contribution < 1.29 is 33.4 Å². The van der Waals surface area contributed by atoms with Gasteiger partial charge in [-0.25, -0.2) is 9.18 Å². The molecule has 188 valence electrons. The minimum Gasteiger partial charge on any atom is -0.493 e. The van der Waals surface area contributed by atoms with Crippen molar-refractivity contribution in [3.8, 4) is 17.6 Å². The predicted molar refractivity (Wildman–Crippen MR) is 137 cm³/mol. The molecule has 3 aromatic carbocycles. The molecule has 11 heteroatoms. The molecule has 0 atom stereocenters. The normalized spacial score (nSPS) is 10.7. The zero-order valence-corrected chi connectivity index (χ0v) is 20.8. The lowest BCUT2D eigenvalue weighted by Gasteiger charge is -2.14. The Morgan fingerprint density at radius 2 is 1.81 bits per heavy atom. The number of benzene rings is 3. The molecule has 3 rings (SSSR count). The number of carboxylic acid groups (broad SMARTS) is 1. The Bertz CT molecular complexity index is 1420. The highest BCUT2D eigenvalue weighted by atomic mass is 79.9. The van der Waals surface area contributed by atoms with Gasteiger partial charge in [0.15, 0.2) is 18.1 Å². The molecule has 0 unspecified atom stereocenters. The van der Waals surface area contributed by atoms with Crippen molar-refractivity contribution in [1.82, 2.24) is 0 Å². The SMILES string of the molecule is COc1cc(/C=C(/C#N)C(=O)Nc2cccc(C(=O)O)c2)cc(Br)c1OCC(=O)Nc1ccc(F)cc1. The Kier molecular flexibility index (Phi) is 8.96. The monoisotopic (exact) mass is 567 g/mol. The van der Waals surface area contributed by atoms with E-state index in [1.165, 1.54) is 67.8 Å². The molecule has 3 N–H and O–H groups in total. The summed E-state index contributed by atoms with van der Waals surface area (Å²) in [6.07, 6.45) is 1.31. The van der Waals surface area contributed by atoms with Crippen molar-refractivity contribution in [2.45, 2.75) is 0 Å². The van der Waals surface area contributed by atoms with Gasteiger partial charge in [-0.1, -0.05) is 6.07 Å². The van der Waals surface area contributed by atoms with E-state index in [2.05, 4.69) is 26.6 Å². The summed E-state index contributed by atoms with van der Waals surface area (Å²) >= 11 is 3.34. The van der Waals surface area contributed by atoms with Crippen molar-refractivity contribution >= 4 is 51.2 Å². The van der Waals surface area contributed by atoms with Gasteiger partial charge in [-0.3, -0.25) is 9.59 Å². The average Bonchev–Trinajstić information content (AvgIpc) is 2.87. The summed E-state index contributed by atoms with van der Waals surface area (Å²) in [4.78, 5) is 35.9. The number of methoxy groups -OCH3 is 1. The largest absolute Gasteiger partial charge is 0.493 e. The lowest BCUT2D eigenvalue weighted by atomic mass is 10.1. The van der Waals surface area contributed by atoms with E-state index in [0.717, 1.165) is 0 Å². The highest BCUT2D eigenvalue weighted by molar-refractivity contribution is 9.10. The van der Waals surface area contributed by atoms with Gasteiger partial charge in [0.25, 0.3) is 11.8 Å². The number of nitriles is 1. The number of amides is 2. The Morgan fingerprint density at radius 1 is 1.08 bits per heavy atom. The maximum atomic E-state index is 13.0. The molecule has 0 saturated heterocycles. The van der Waals surface area contributed by atoms with Gasteiger partial charge in [0.1, 0.15) is 17.5 Å². The number of anilines is 2. The van der Waals surface area contributed by atoms with Gasteiger partial charge in [-0.2, -0.15) is 5.26 Å².